The number of carbonyl (C=O) groups is 5. The molecule has 0 aliphatic carbocycles. The summed E-state index contributed by atoms with van der Waals surface area (Å²) in [5.41, 5.74) is 5.21. The fraction of sp³-hybridized carbons (Fsp3) is 0.417. The molecule has 5 aromatic rings. The number of imide groups is 2. The van der Waals surface area contributed by atoms with Gasteiger partial charge in [0.25, 0.3) is 11.8 Å². The van der Waals surface area contributed by atoms with Crippen LogP contribution in [0.2, 0.25) is 0 Å². The molecule has 1 unspecified atom stereocenters. The number of carbonyl (C=O) groups excluding carboxylic acids is 5. The van der Waals surface area contributed by atoms with E-state index in [4.69, 9.17) is 9.84 Å². The van der Waals surface area contributed by atoms with Gasteiger partial charge in [0, 0.05) is 131 Å². The number of aromatic nitrogens is 4. The first-order valence-electron chi connectivity index (χ1n) is 23.2. The van der Waals surface area contributed by atoms with Crippen LogP contribution in [0.3, 0.4) is 0 Å². The topological polar surface area (TPSA) is 190 Å². The number of halogens is 1. The lowest BCUT2D eigenvalue weighted by atomic mass is 9.98. The molecule has 5 amide bonds. The van der Waals surface area contributed by atoms with E-state index >= 15 is 4.39 Å². The van der Waals surface area contributed by atoms with Crippen LogP contribution in [0.5, 0.6) is 5.88 Å². The minimum Gasteiger partial charge on any atom is -0.474 e. The van der Waals surface area contributed by atoms with Gasteiger partial charge in [-0.1, -0.05) is 0 Å². The smallest absolute Gasteiger partial charge is 0.262 e. The number of nitrogens with one attached hydrogen (secondary N) is 3. The van der Waals surface area contributed by atoms with Crippen molar-refractivity contribution < 1.29 is 33.1 Å². The van der Waals surface area contributed by atoms with E-state index in [1.54, 1.807) is 29.2 Å². The van der Waals surface area contributed by atoms with E-state index in [2.05, 4.69) is 45.5 Å². The van der Waals surface area contributed by atoms with Crippen molar-refractivity contribution in [3.05, 3.63) is 83.1 Å². The van der Waals surface area contributed by atoms with Gasteiger partial charge in [0.1, 0.15) is 36.5 Å². The molecule has 0 radical (unpaired) electrons. The molecule has 0 spiro atoms. The van der Waals surface area contributed by atoms with Gasteiger partial charge in [-0.05, 0) is 73.5 Å². The molecule has 19 heteroatoms. The lowest BCUT2D eigenvalue weighted by Gasteiger charge is -2.40. The molecule has 9 heterocycles. The standard InChI is InChI=1S/C48H51FN12O6/c1-28-37(26-52-46-44(28)50-9-19-67-46)35-20-29-22-40(51-25-30(29)21-38(35)49)53-41-24-33-8-12-59(43(63)27-60(33)55-41)31-6-10-56(11-7-31)13-14-57-15-17-58(18-16-57)32-2-3-34-36(23-32)48(66)61(47(34)65)39-4-5-42(62)54-45(39)64/h2-3,20-26,31,39,50H,4-19,27H2,1H3,(H,51,53,55)(H,54,62,64). The van der Waals surface area contributed by atoms with Crippen molar-refractivity contribution in [2.24, 2.45) is 0 Å². The van der Waals surface area contributed by atoms with Crippen molar-refractivity contribution in [1.82, 2.24) is 44.7 Å². The number of amides is 5. The second-order valence-electron chi connectivity index (χ2n) is 18.2. The van der Waals surface area contributed by atoms with Gasteiger partial charge in [0.05, 0.1) is 11.1 Å². The molecule has 3 aromatic heterocycles. The van der Waals surface area contributed by atoms with Crippen LogP contribution >= 0.6 is 0 Å². The van der Waals surface area contributed by atoms with Gasteiger partial charge in [0.15, 0.2) is 5.82 Å². The van der Waals surface area contributed by atoms with E-state index in [0.717, 1.165) is 98.1 Å². The fourth-order valence-corrected chi connectivity index (χ4v) is 10.5. The average molecular weight is 911 g/mol. The van der Waals surface area contributed by atoms with E-state index in [1.165, 1.54) is 6.07 Å². The predicted molar refractivity (Wildman–Crippen MR) is 246 cm³/mol. The Balaban J connectivity index is 0.647. The van der Waals surface area contributed by atoms with E-state index in [9.17, 15) is 24.0 Å². The molecular formula is C48H51FN12O6. The fourth-order valence-electron chi connectivity index (χ4n) is 10.5. The van der Waals surface area contributed by atoms with Crippen LogP contribution < -0.4 is 25.6 Å². The van der Waals surface area contributed by atoms with Gasteiger partial charge < -0.3 is 30.1 Å². The number of pyridine rings is 2. The number of piperidine rings is 2. The summed E-state index contributed by atoms with van der Waals surface area (Å²) >= 11 is 0. The Kier molecular flexibility index (Phi) is 11.0. The summed E-state index contributed by atoms with van der Waals surface area (Å²) in [7, 11) is 0. The number of ether oxygens (including phenoxy) is 1. The first-order chi connectivity index (χ1) is 32.5. The predicted octanol–water partition coefficient (Wildman–Crippen LogP) is 3.56. The highest BCUT2D eigenvalue weighted by molar-refractivity contribution is 6.23. The van der Waals surface area contributed by atoms with E-state index in [1.807, 2.05) is 31.2 Å². The Bertz CT molecular complexity index is 2850. The molecule has 6 aliphatic rings. The van der Waals surface area contributed by atoms with Crippen molar-refractivity contribution in [2.75, 3.05) is 87.6 Å². The third-order valence-electron chi connectivity index (χ3n) is 14.3. The summed E-state index contributed by atoms with van der Waals surface area (Å²) in [5.74, 6) is -0.609. The number of benzene rings is 2. The molecule has 2 aromatic carbocycles. The second kappa shape index (κ2) is 17.3. The van der Waals surface area contributed by atoms with Crippen LogP contribution in [0.25, 0.3) is 21.9 Å². The summed E-state index contributed by atoms with van der Waals surface area (Å²) in [6.07, 6.45) is 6.04. The van der Waals surface area contributed by atoms with Crippen LogP contribution in [-0.4, -0.2) is 153 Å². The van der Waals surface area contributed by atoms with E-state index in [-0.39, 0.29) is 42.7 Å². The molecule has 1 atom stereocenters. The Morgan fingerprint density at radius 3 is 2.37 bits per heavy atom. The lowest BCUT2D eigenvalue weighted by Crippen LogP contribution is -2.54. The molecular weight excluding hydrogens is 860 g/mol. The molecule has 6 aliphatic heterocycles. The quantitative estimate of drug-likeness (QED) is 0.182. The number of anilines is 4. The van der Waals surface area contributed by atoms with Crippen LogP contribution in [0.4, 0.5) is 27.4 Å². The molecule has 11 rings (SSSR count). The first kappa shape index (κ1) is 42.6. The van der Waals surface area contributed by atoms with Crippen molar-refractivity contribution in [3.8, 4) is 17.0 Å². The Morgan fingerprint density at radius 1 is 0.776 bits per heavy atom. The number of likely N-dealkylation sites (tertiary alicyclic amines) is 1. The summed E-state index contributed by atoms with van der Waals surface area (Å²) in [4.78, 5) is 83.5. The summed E-state index contributed by atoms with van der Waals surface area (Å²) in [6.45, 7) is 10.9. The molecule has 18 nitrogen and oxygen atoms in total. The molecule has 67 heavy (non-hydrogen) atoms. The molecule has 3 fully saturated rings. The van der Waals surface area contributed by atoms with Crippen LogP contribution in [0.1, 0.15) is 57.7 Å². The maximum absolute atomic E-state index is 15.5. The highest BCUT2D eigenvalue weighted by atomic mass is 19.1. The van der Waals surface area contributed by atoms with Gasteiger partial charge in [-0.25, -0.2) is 14.4 Å². The maximum Gasteiger partial charge on any atom is 0.262 e. The maximum atomic E-state index is 15.5. The van der Waals surface area contributed by atoms with Crippen molar-refractivity contribution >= 4 is 63.3 Å². The number of nitrogens with zero attached hydrogens (tertiary/aromatic N) is 9. The number of rotatable bonds is 9. The van der Waals surface area contributed by atoms with E-state index in [0.29, 0.717) is 65.7 Å². The zero-order valence-electron chi connectivity index (χ0n) is 37.2. The third kappa shape index (κ3) is 8.09. The number of hydrogen-bond acceptors (Lipinski definition) is 14. The van der Waals surface area contributed by atoms with Gasteiger partial charge in [-0.3, -0.25) is 43.8 Å². The number of hydrogen-bond donors (Lipinski definition) is 3. The SMILES string of the molecule is Cc1c(-c2cc3cc(Nc4cc5n(n4)CC(=O)N(C4CCN(CCN6CCN(c7ccc8c(c7)C(=O)N(C7CCC(=O)NC7=O)C8=O)CC6)CC4)CC5)ncc3cc2F)cnc2c1NCCO2. The average Bonchev–Trinajstić information content (AvgIpc) is 3.77. The summed E-state index contributed by atoms with van der Waals surface area (Å²) in [5, 5.41) is 15.1. The van der Waals surface area contributed by atoms with Gasteiger partial charge in [-0.2, -0.15) is 5.10 Å². The monoisotopic (exact) mass is 910 g/mol. The number of fused-ring (bicyclic) bond motifs is 4. The molecule has 3 saturated heterocycles. The number of piperazine rings is 1. The van der Waals surface area contributed by atoms with Crippen molar-refractivity contribution in [3.63, 3.8) is 0 Å². The zero-order chi connectivity index (χ0) is 45.9. The van der Waals surface area contributed by atoms with E-state index < -0.39 is 29.7 Å². The second-order valence-corrected chi connectivity index (χ2v) is 18.2. The molecule has 0 bridgehead atoms. The normalized spacial score (nSPS) is 20.6. The zero-order valence-corrected chi connectivity index (χ0v) is 37.2. The minimum atomic E-state index is -0.983. The van der Waals surface area contributed by atoms with Gasteiger partial charge in [-0.15, -0.1) is 0 Å². The minimum absolute atomic E-state index is 0.0720. The molecule has 346 valence electrons. The third-order valence-corrected chi connectivity index (χ3v) is 14.3. The summed E-state index contributed by atoms with van der Waals surface area (Å²) < 4.78 is 22.9. The first-order valence-corrected chi connectivity index (χ1v) is 23.2. The molecule has 0 saturated carbocycles. The Labute approximate surface area is 385 Å². The highest BCUT2D eigenvalue weighted by Gasteiger charge is 2.45. The highest BCUT2D eigenvalue weighted by Crippen LogP contribution is 2.38. The van der Waals surface area contributed by atoms with Crippen molar-refractivity contribution in [1.29, 1.82) is 0 Å². The van der Waals surface area contributed by atoms with Gasteiger partial charge >= 0.3 is 0 Å². The summed E-state index contributed by atoms with van der Waals surface area (Å²) in [6, 6.07) is 11.7. The largest absolute Gasteiger partial charge is 0.474 e. The Morgan fingerprint density at radius 2 is 1.57 bits per heavy atom. The van der Waals surface area contributed by atoms with Gasteiger partial charge in [0.2, 0.25) is 23.6 Å². The van der Waals surface area contributed by atoms with Crippen molar-refractivity contribution in [2.45, 2.75) is 57.7 Å². The van der Waals surface area contributed by atoms with Crippen LogP contribution in [0, 0.1) is 12.7 Å². The lowest BCUT2D eigenvalue weighted by molar-refractivity contribution is -0.136. The Hall–Kier alpha value is -6.99. The van der Waals surface area contributed by atoms with Crippen LogP contribution in [-0.2, 0) is 27.3 Å². The van der Waals surface area contributed by atoms with Crippen LogP contribution in [0.15, 0.2) is 54.9 Å². The molecule has 3 N–H and O–H groups in total.